The van der Waals surface area contributed by atoms with Gasteiger partial charge in [0.25, 0.3) is 0 Å². The van der Waals surface area contributed by atoms with Crippen LogP contribution in [-0.4, -0.2) is 57.2 Å². The molecule has 1 aromatic rings. The monoisotopic (exact) mass is 302 g/mol. The maximum absolute atomic E-state index is 12.9. The molecule has 0 unspecified atom stereocenters. The van der Waals surface area contributed by atoms with Crippen LogP contribution >= 0.6 is 0 Å². The second kappa shape index (κ2) is 4.82. The maximum Gasteiger partial charge on any atom is 0.244 e. The maximum atomic E-state index is 12.9. The lowest BCUT2D eigenvalue weighted by Crippen LogP contribution is -2.58. The van der Waals surface area contributed by atoms with Gasteiger partial charge in [0.2, 0.25) is 5.91 Å². The molecule has 2 aliphatic heterocycles. The van der Waals surface area contributed by atoms with Crippen LogP contribution in [0.25, 0.3) is 0 Å². The van der Waals surface area contributed by atoms with E-state index in [1.807, 2.05) is 19.3 Å². The van der Waals surface area contributed by atoms with Gasteiger partial charge in [-0.25, -0.2) is 0 Å². The molecule has 1 aromatic heterocycles. The molecule has 3 aliphatic rings. The Morgan fingerprint density at radius 1 is 1.41 bits per heavy atom. The first-order chi connectivity index (χ1) is 10.5. The summed E-state index contributed by atoms with van der Waals surface area (Å²) in [4.78, 5) is 17.6. The third-order valence-electron chi connectivity index (χ3n) is 6.38. The van der Waals surface area contributed by atoms with Gasteiger partial charge in [0.15, 0.2) is 0 Å². The Balaban J connectivity index is 1.58. The Kier molecular flexibility index (Phi) is 3.12. The van der Waals surface area contributed by atoms with E-state index >= 15 is 0 Å². The quantitative estimate of drug-likeness (QED) is 0.834. The number of likely N-dealkylation sites (tertiary alicyclic amines) is 2. The molecule has 1 saturated carbocycles. The molecule has 0 N–H and O–H groups in total. The summed E-state index contributed by atoms with van der Waals surface area (Å²) in [5.74, 6) is 0.236. The number of likely N-dealkylation sites (N-methyl/N-ethyl adjacent to an activating group) is 1. The number of piperidine rings is 1. The van der Waals surface area contributed by atoms with E-state index in [2.05, 4.69) is 28.9 Å². The van der Waals surface area contributed by atoms with Crippen molar-refractivity contribution in [2.75, 3.05) is 13.6 Å². The molecule has 5 heteroatoms. The highest BCUT2D eigenvalue weighted by Gasteiger charge is 2.59. The van der Waals surface area contributed by atoms with Gasteiger partial charge in [-0.1, -0.05) is 6.92 Å². The van der Waals surface area contributed by atoms with Crippen LogP contribution in [-0.2, 0) is 11.3 Å². The zero-order chi connectivity index (χ0) is 15.5. The number of rotatable bonds is 2. The minimum Gasteiger partial charge on any atom is -0.336 e. The highest BCUT2D eigenvalue weighted by Crippen LogP contribution is 2.53. The summed E-state index contributed by atoms with van der Waals surface area (Å²) >= 11 is 0. The van der Waals surface area contributed by atoms with E-state index < -0.39 is 0 Å². The van der Waals surface area contributed by atoms with Crippen LogP contribution in [0.2, 0.25) is 0 Å². The van der Waals surface area contributed by atoms with Gasteiger partial charge in [-0.05, 0) is 45.2 Å². The minimum absolute atomic E-state index is 0.236. The fourth-order valence-corrected chi connectivity index (χ4v) is 5.35. The number of nitrogens with zero attached hydrogens (tertiary/aromatic N) is 4. The minimum atomic E-state index is 0.236. The van der Waals surface area contributed by atoms with E-state index in [1.165, 1.54) is 19.3 Å². The fourth-order valence-electron chi connectivity index (χ4n) is 5.35. The zero-order valence-corrected chi connectivity index (χ0v) is 13.8. The second-order valence-corrected chi connectivity index (χ2v) is 7.75. The van der Waals surface area contributed by atoms with Gasteiger partial charge in [-0.2, -0.15) is 5.10 Å². The Bertz CT molecular complexity index is 597. The Hall–Kier alpha value is -1.36. The van der Waals surface area contributed by atoms with Crippen LogP contribution in [0.15, 0.2) is 12.4 Å². The molecule has 22 heavy (non-hydrogen) atoms. The van der Waals surface area contributed by atoms with E-state index in [-0.39, 0.29) is 11.3 Å². The van der Waals surface area contributed by atoms with E-state index in [0.717, 1.165) is 18.5 Å². The van der Waals surface area contributed by atoms with Crippen LogP contribution in [0.3, 0.4) is 0 Å². The standard InChI is InChI=1S/C17H26N4O/c1-12-8-18-20(9-12)11-16(22)21-10-13-7-17(2)14(19(13)3)5-4-6-15(17)21/h8-9,13-15H,4-7,10-11H2,1-3H3/t13-,14-,15+,17-/m0/s1. The summed E-state index contributed by atoms with van der Waals surface area (Å²) in [6.07, 6.45) is 8.72. The highest BCUT2D eigenvalue weighted by molar-refractivity contribution is 5.76. The second-order valence-electron chi connectivity index (χ2n) is 7.75. The molecule has 4 rings (SSSR count). The Labute approximate surface area is 132 Å². The van der Waals surface area contributed by atoms with E-state index in [0.29, 0.717) is 24.7 Å². The average molecular weight is 302 g/mol. The Morgan fingerprint density at radius 3 is 2.91 bits per heavy atom. The van der Waals surface area contributed by atoms with Crippen LogP contribution < -0.4 is 0 Å². The molecule has 1 amide bonds. The smallest absolute Gasteiger partial charge is 0.244 e. The van der Waals surface area contributed by atoms with E-state index in [4.69, 9.17) is 0 Å². The van der Waals surface area contributed by atoms with Gasteiger partial charge < -0.3 is 4.90 Å². The van der Waals surface area contributed by atoms with Gasteiger partial charge in [0, 0.05) is 36.3 Å². The normalized spacial score (nSPS) is 37.6. The summed E-state index contributed by atoms with van der Waals surface area (Å²) in [5, 5.41) is 4.28. The molecule has 0 aromatic carbocycles. The first kappa shape index (κ1) is 14.2. The summed E-state index contributed by atoms with van der Waals surface area (Å²) in [6.45, 7) is 5.69. The molecule has 120 valence electrons. The molecular formula is C17H26N4O. The number of fused-ring (bicyclic) bond motifs is 1. The van der Waals surface area contributed by atoms with E-state index in [9.17, 15) is 4.79 Å². The molecule has 5 nitrogen and oxygen atoms in total. The summed E-state index contributed by atoms with van der Waals surface area (Å²) in [5.41, 5.74) is 1.39. The largest absolute Gasteiger partial charge is 0.336 e. The SMILES string of the molecule is Cc1cnn(CC(=O)N2C[C@@H]3C[C@@]4(C)[C@H](CCC[C@@H]24)N3C)c1. The predicted octanol–water partition coefficient (Wildman–Crippen LogP) is 1.67. The van der Waals surface area contributed by atoms with Gasteiger partial charge in [0.1, 0.15) is 6.54 Å². The van der Waals surface area contributed by atoms with Crippen molar-refractivity contribution in [3.05, 3.63) is 18.0 Å². The van der Waals surface area contributed by atoms with Crippen molar-refractivity contribution < 1.29 is 4.79 Å². The van der Waals surface area contributed by atoms with E-state index in [1.54, 1.807) is 4.68 Å². The number of aromatic nitrogens is 2. The Morgan fingerprint density at radius 2 is 2.18 bits per heavy atom. The van der Waals surface area contributed by atoms with Crippen molar-refractivity contribution in [3.8, 4) is 0 Å². The lowest BCUT2D eigenvalue weighted by atomic mass is 9.66. The lowest BCUT2D eigenvalue weighted by molar-refractivity contribution is -0.140. The summed E-state index contributed by atoms with van der Waals surface area (Å²) in [6, 6.07) is 1.60. The van der Waals surface area contributed by atoms with Crippen LogP contribution in [0.4, 0.5) is 0 Å². The fraction of sp³-hybridized carbons (Fsp3) is 0.765. The van der Waals surface area contributed by atoms with Crippen molar-refractivity contribution in [2.24, 2.45) is 5.41 Å². The molecule has 0 radical (unpaired) electrons. The molecule has 2 bridgehead atoms. The predicted molar refractivity (Wildman–Crippen MR) is 84.4 cm³/mol. The number of hydrogen-bond acceptors (Lipinski definition) is 3. The van der Waals surface area contributed by atoms with Gasteiger partial charge >= 0.3 is 0 Å². The van der Waals surface area contributed by atoms with Crippen molar-refractivity contribution in [2.45, 2.75) is 64.2 Å². The summed E-state index contributed by atoms with van der Waals surface area (Å²) < 4.78 is 1.78. The lowest BCUT2D eigenvalue weighted by Gasteiger charge is -2.50. The number of carbonyl (C=O) groups is 1. The van der Waals surface area contributed by atoms with Gasteiger partial charge in [-0.3, -0.25) is 14.4 Å². The molecule has 1 aliphatic carbocycles. The van der Waals surface area contributed by atoms with Gasteiger partial charge in [0.05, 0.1) is 6.20 Å². The van der Waals surface area contributed by atoms with Crippen molar-refractivity contribution in [1.29, 1.82) is 0 Å². The molecule has 3 fully saturated rings. The van der Waals surface area contributed by atoms with Crippen LogP contribution in [0.1, 0.15) is 38.2 Å². The van der Waals surface area contributed by atoms with Crippen molar-refractivity contribution >= 4 is 5.91 Å². The number of aryl methyl sites for hydroxylation is 1. The third kappa shape index (κ3) is 1.94. The topological polar surface area (TPSA) is 41.4 Å². The average Bonchev–Trinajstić information content (AvgIpc) is 2.99. The third-order valence-corrected chi connectivity index (χ3v) is 6.38. The number of amides is 1. The van der Waals surface area contributed by atoms with Crippen LogP contribution in [0.5, 0.6) is 0 Å². The summed E-state index contributed by atoms with van der Waals surface area (Å²) in [7, 11) is 2.26. The first-order valence-corrected chi connectivity index (χ1v) is 8.49. The molecule has 0 spiro atoms. The van der Waals surface area contributed by atoms with Crippen LogP contribution in [0, 0.1) is 12.3 Å². The number of carbonyl (C=O) groups excluding carboxylic acids is 1. The highest BCUT2D eigenvalue weighted by atomic mass is 16.2. The van der Waals surface area contributed by atoms with Crippen molar-refractivity contribution in [3.63, 3.8) is 0 Å². The first-order valence-electron chi connectivity index (χ1n) is 8.49. The zero-order valence-electron chi connectivity index (χ0n) is 13.8. The van der Waals surface area contributed by atoms with Crippen molar-refractivity contribution in [1.82, 2.24) is 19.6 Å². The molecule has 3 heterocycles. The number of hydrogen-bond donors (Lipinski definition) is 0. The molecular weight excluding hydrogens is 276 g/mol. The van der Waals surface area contributed by atoms with Gasteiger partial charge in [-0.15, -0.1) is 0 Å². The molecule has 2 saturated heterocycles. The molecule has 4 atom stereocenters.